The normalized spacial score (nSPS) is 51.6. The molecule has 2 radical (unpaired) electrons. The van der Waals surface area contributed by atoms with Gasteiger partial charge in [-0.2, -0.15) is 0 Å². The first-order chi connectivity index (χ1) is 6.42. The quantitative estimate of drug-likeness (QED) is 0.509. The Bertz CT molecular complexity index is 229. The van der Waals surface area contributed by atoms with Gasteiger partial charge in [-0.05, 0) is 30.1 Å². The minimum atomic E-state index is -0.502. The molecule has 5 atom stereocenters. The van der Waals surface area contributed by atoms with Crippen molar-refractivity contribution in [1.29, 1.82) is 0 Å². The molecule has 2 aliphatic rings. The molecule has 14 heavy (non-hydrogen) atoms. The fraction of sp³-hybridized carbons (Fsp3) is 1.00. The SMILES string of the molecule is [B]C1C(C)CC(C2O[C@@H]2O)CC1(C)C. The second-order valence-electron chi connectivity index (χ2n) is 5.68. The Morgan fingerprint density at radius 1 is 1.43 bits per heavy atom. The molecule has 0 spiro atoms. The molecule has 3 heteroatoms. The Hall–Kier alpha value is -0.0151. The van der Waals surface area contributed by atoms with E-state index in [-0.39, 0.29) is 17.3 Å². The van der Waals surface area contributed by atoms with Crippen LogP contribution in [0, 0.1) is 17.3 Å². The third-order valence-corrected chi connectivity index (χ3v) is 3.94. The van der Waals surface area contributed by atoms with Crippen LogP contribution in [-0.2, 0) is 4.74 Å². The van der Waals surface area contributed by atoms with Gasteiger partial charge >= 0.3 is 0 Å². The lowest BCUT2D eigenvalue weighted by molar-refractivity contribution is 0.113. The van der Waals surface area contributed by atoms with E-state index in [9.17, 15) is 5.11 Å². The molecule has 1 aliphatic carbocycles. The molecule has 1 heterocycles. The minimum Gasteiger partial charge on any atom is -0.366 e. The van der Waals surface area contributed by atoms with Crippen molar-refractivity contribution in [3.8, 4) is 0 Å². The van der Waals surface area contributed by atoms with Gasteiger partial charge in [0.25, 0.3) is 0 Å². The predicted octanol–water partition coefficient (Wildman–Crippen LogP) is 1.73. The largest absolute Gasteiger partial charge is 0.366 e. The molecule has 0 bridgehead atoms. The molecule has 1 N–H and O–H groups in total. The van der Waals surface area contributed by atoms with Gasteiger partial charge in [-0.25, -0.2) is 0 Å². The van der Waals surface area contributed by atoms with Crippen molar-refractivity contribution >= 4 is 7.85 Å². The molecule has 2 fully saturated rings. The highest BCUT2D eigenvalue weighted by Gasteiger charge is 2.49. The van der Waals surface area contributed by atoms with Crippen molar-refractivity contribution in [1.82, 2.24) is 0 Å². The second-order valence-corrected chi connectivity index (χ2v) is 5.68. The highest BCUT2D eigenvalue weighted by Crippen LogP contribution is 2.52. The van der Waals surface area contributed by atoms with E-state index in [0.717, 1.165) is 12.8 Å². The van der Waals surface area contributed by atoms with E-state index in [2.05, 4.69) is 20.8 Å². The molecular formula is C11H19BO2. The van der Waals surface area contributed by atoms with Gasteiger partial charge in [0.15, 0.2) is 6.29 Å². The van der Waals surface area contributed by atoms with Crippen molar-refractivity contribution in [2.24, 2.45) is 17.3 Å². The fourth-order valence-electron chi connectivity index (χ4n) is 3.00. The lowest BCUT2D eigenvalue weighted by atomic mass is 9.53. The van der Waals surface area contributed by atoms with Crippen molar-refractivity contribution in [3.05, 3.63) is 0 Å². The molecule has 0 aromatic rings. The maximum atomic E-state index is 9.25. The summed E-state index contributed by atoms with van der Waals surface area (Å²) in [7, 11) is 6.17. The molecule has 2 rings (SSSR count). The molecule has 0 aromatic heterocycles. The first kappa shape index (κ1) is 10.5. The number of epoxide rings is 1. The smallest absolute Gasteiger partial charge is 0.182 e. The number of hydrogen-bond donors (Lipinski definition) is 1. The molecule has 1 saturated heterocycles. The number of rotatable bonds is 1. The zero-order valence-corrected chi connectivity index (χ0v) is 9.23. The number of ether oxygens (including phenoxy) is 1. The number of hydrogen-bond acceptors (Lipinski definition) is 2. The van der Waals surface area contributed by atoms with E-state index in [0.29, 0.717) is 11.8 Å². The van der Waals surface area contributed by atoms with Crippen LogP contribution in [-0.4, -0.2) is 25.3 Å². The minimum absolute atomic E-state index is 0.0872. The Kier molecular flexibility index (Phi) is 2.43. The van der Waals surface area contributed by atoms with E-state index in [1.165, 1.54) is 0 Å². The van der Waals surface area contributed by atoms with Gasteiger partial charge in [-0.15, -0.1) is 0 Å². The van der Waals surface area contributed by atoms with Crippen LogP contribution in [0.4, 0.5) is 0 Å². The fourth-order valence-corrected chi connectivity index (χ4v) is 3.00. The summed E-state index contributed by atoms with van der Waals surface area (Å²) in [5, 5.41) is 9.25. The van der Waals surface area contributed by atoms with Crippen molar-refractivity contribution in [2.75, 3.05) is 0 Å². The van der Waals surface area contributed by atoms with Crippen LogP contribution in [0.15, 0.2) is 0 Å². The maximum absolute atomic E-state index is 9.25. The van der Waals surface area contributed by atoms with E-state index >= 15 is 0 Å². The van der Waals surface area contributed by atoms with Crippen LogP contribution < -0.4 is 0 Å². The van der Waals surface area contributed by atoms with Crippen molar-refractivity contribution < 1.29 is 9.84 Å². The Balaban J connectivity index is 2.03. The number of aliphatic hydroxyl groups excluding tert-OH is 1. The zero-order chi connectivity index (χ0) is 10.5. The van der Waals surface area contributed by atoms with Crippen molar-refractivity contribution in [3.63, 3.8) is 0 Å². The van der Waals surface area contributed by atoms with Gasteiger partial charge in [0.05, 0.1) is 7.85 Å². The third kappa shape index (κ3) is 1.72. The number of aliphatic hydroxyl groups is 1. The zero-order valence-electron chi connectivity index (χ0n) is 9.23. The van der Waals surface area contributed by atoms with Gasteiger partial charge in [-0.3, -0.25) is 0 Å². The molecule has 0 aromatic carbocycles. The summed E-state index contributed by atoms with van der Waals surface area (Å²) in [4.78, 5) is 0. The summed E-state index contributed by atoms with van der Waals surface area (Å²) in [5.41, 5.74) is 0.175. The summed E-state index contributed by atoms with van der Waals surface area (Å²) in [6, 6.07) is 0. The average molecular weight is 194 g/mol. The molecule has 1 aliphatic heterocycles. The van der Waals surface area contributed by atoms with Crippen LogP contribution in [0.2, 0.25) is 5.82 Å². The molecule has 0 amide bonds. The standard InChI is InChI=1S/C11H19BO2/c1-6-4-7(8-10(13)14-8)5-11(2,3)9(6)12/h6-10,13H,4-5H2,1-3H3/t6?,7?,8?,9?,10-/m0/s1. The summed E-state index contributed by atoms with van der Waals surface area (Å²) in [5.74, 6) is 1.30. The first-order valence-electron chi connectivity index (χ1n) is 5.51. The highest BCUT2D eigenvalue weighted by molar-refractivity contribution is 6.12. The summed E-state index contributed by atoms with van der Waals surface area (Å²) < 4.78 is 5.15. The molecule has 4 unspecified atom stereocenters. The Labute approximate surface area is 87.4 Å². The van der Waals surface area contributed by atoms with Gasteiger partial charge in [0, 0.05) is 0 Å². The van der Waals surface area contributed by atoms with Crippen LogP contribution in [0.3, 0.4) is 0 Å². The summed E-state index contributed by atoms with van der Waals surface area (Å²) in [6.07, 6.45) is 1.74. The highest BCUT2D eigenvalue weighted by atomic mass is 16.7. The van der Waals surface area contributed by atoms with E-state index in [1.54, 1.807) is 0 Å². The van der Waals surface area contributed by atoms with Gasteiger partial charge in [-0.1, -0.05) is 26.6 Å². The molecule has 78 valence electrons. The van der Waals surface area contributed by atoms with E-state index in [4.69, 9.17) is 12.6 Å². The Morgan fingerprint density at radius 3 is 2.43 bits per heavy atom. The van der Waals surface area contributed by atoms with Crippen LogP contribution in [0.1, 0.15) is 33.6 Å². The topological polar surface area (TPSA) is 32.8 Å². The summed E-state index contributed by atoms with van der Waals surface area (Å²) >= 11 is 0. The molecular weight excluding hydrogens is 175 g/mol. The molecule has 1 saturated carbocycles. The lowest BCUT2D eigenvalue weighted by Crippen LogP contribution is -2.36. The Morgan fingerprint density at radius 2 is 2.00 bits per heavy atom. The first-order valence-corrected chi connectivity index (χ1v) is 5.51. The van der Waals surface area contributed by atoms with E-state index in [1.807, 2.05) is 0 Å². The van der Waals surface area contributed by atoms with Gasteiger partial charge in [0.2, 0.25) is 0 Å². The van der Waals surface area contributed by atoms with Gasteiger partial charge < -0.3 is 9.84 Å². The third-order valence-electron chi connectivity index (χ3n) is 3.94. The molecule has 2 nitrogen and oxygen atoms in total. The lowest BCUT2D eigenvalue weighted by Gasteiger charge is -2.45. The van der Waals surface area contributed by atoms with Gasteiger partial charge in [0.1, 0.15) is 6.10 Å². The van der Waals surface area contributed by atoms with E-state index < -0.39 is 6.29 Å². The average Bonchev–Trinajstić information content (AvgIpc) is 2.77. The second kappa shape index (κ2) is 3.24. The monoisotopic (exact) mass is 194 g/mol. The predicted molar refractivity (Wildman–Crippen MR) is 56.1 cm³/mol. The van der Waals surface area contributed by atoms with Crippen LogP contribution in [0.25, 0.3) is 0 Å². The van der Waals surface area contributed by atoms with Crippen molar-refractivity contribution in [2.45, 2.75) is 51.8 Å². The van der Waals surface area contributed by atoms with Crippen LogP contribution in [0.5, 0.6) is 0 Å². The van der Waals surface area contributed by atoms with Crippen LogP contribution >= 0.6 is 0 Å². The maximum Gasteiger partial charge on any atom is 0.182 e. The summed E-state index contributed by atoms with van der Waals surface area (Å²) in [6.45, 7) is 6.64.